The van der Waals surface area contributed by atoms with E-state index < -0.39 is 22.0 Å². The van der Waals surface area contributed by atoms with Gasteiger partial charge in [0.1, 0.15) is 16.5 Å². The van der Waals surface area contributed by atoms with Crippen LogP contribution in [-0.4, -0.2) is 78.5 Å². The molecular formula is C19H26N4O7S. The minimum Gasteiger partial charge on any atom is -0.473 e. The third-order valence-corrected chi connectivity index (χ3v) is 6.48. The monoisotopic (exact) mass is 454 g/mol. The molecule has 0 bridgehead atoms. The lowest BCUT2D eigenvalue weighted by Gasteiger charge is -2.23. The molecule has 12 heteroatoms. The molecule has 2 aromatic heterocycles. The van der Waals surface area contributed by atoms with Crippen molar-refractivity contribution in [1.29, 1.82) is 0 Å². The molecule has 0 spiro atoms. The topological polar surface area (TPSA) is 153 Å². The van der Waals surface area contributed by atoms with Gasteiger partial charge in [0.25, 0.3) is 0 Å². The quantitative estimate of drug-likeness (QED) is 0.522. The number of aliphatic carboxylic acids is 2. The van der Waals surface area contributed by atoms with Gasteiger partial charge in [-0.05, 0) is 51.2 Å². The van der Waals surface area contributed by atoms with Crippen molar-refractivity contribution in [3.05, 3.63) is 42.5 Å². The van der Waals surface area contributed by atoms with Gasteiger partial charge < -0.3 is 19.9 Å². The maximum atomic E-state index is 12.5. The molecule has 1 fully saturated rings. The van der Waals surface area contributed by atoms with Gasteiger partial charge in [-0.1, -0.05) is 0 Å². The number of hydrogen-bond acceptors (Lipinski definition) is 8. The van der Waals surface area contributed by atoms with E-state index in [9.17, 15) is 8.42 Å². The molecule has 1 aliphatic rings. The van der Waals surface area contributed by atoms with Crippen LogP contribution in [0.15, 0.2) is 46.0 Å². The number of nitrogens with one attached hydrogen (secondary N) is 1. The van der Waals surface area contributed by atoms with Crippen molar-refractivity contribution in [2.45, 2.75) is 23.8 Å². The van der Waals surface area contributed by atoms with E-state index in [-0.39, 0.29) is 10.9 Å². The van der Waals surface area contributed by atoms with Crippen LogP contribution in [0.1, 0.15) is 24.6 Å². The lowest BCUT2D eigenvalue weighted by molar-refractivity contribution is -0.159. The second-order valence-corrected chi connectivity index (χ2v) is 8.91. The minimum absolute atomic E-state index is 0.0600. The van der Waals surface area contributed by atoms with Crippen LogP contribution < -0.4 is 5.32 Å². The molecule has 3 N–H and O–H groups in total. The molecule has 2 aromatic rings. The van der Waals surface area contributed by atoms with Crippen molar-refractivity contribution < 1.29 is 32.6 Å². The van der Waals surface area contributed by atoms with Crippen LogP contribution in [-0.2, 0) is 19.6 Å². The molecule has 1 saturated heterocycles. The second-order valence-electron chi connectivity index (χ2n) is 6.98. The fraction of sp³-hybridized carbons (Fsp3) is 0.421. The summed E-state index contributed by atoms with van der Waals surface area (Å²) < 4.78 is 32.0. The zero-order valence-electron chi connectivity index (χ0n) is 17.3. The first kappa shape index (κ1) is 24.3. The average Bonchev–Trinajstić information content (AvgIpc) is 3.43. The lowest BCUT2D eigenvalue weighted by atomic mass is 10.2. The summed E-state index contributed by atoms with van der Waals surface area (Å²) >= 11 is 0. The Kier molecular flexibility index (Phi) is 8.54. The van der Waals surface area contributed by atoms with Gasteiger partial charge in [0.15, 0.2) is 0 Å². The Hall–Kier alpha value is -2.96. The van der Waals surface area contributed by atoms with E-state index in [2.05, 4.69) is 15.2 Å². The lowest BCUT2D eigenvalue weighted by Crippen LogP contribution is -2.28. The summed E-state index contributed by atoms with van der Waals surface area (Å²) in [6.07, 6.45) is 4.92. The fourth-order valence-corrected chi connectivity index (χ4v) is 4.40. The first-order valence-electron chi connectivity index (χ1n) is 9.49. The van der Waals surface area contributed by atoms with Crippen LogP contribution >= 0.6 is 0 Å². The van der Waals surface area contributed by atoms with Crippen LogP contribution in [0.2, 0.25) is 0 Å². The number of aromatic nitrogens is 1. The van der Waals surface area contributed by atoms with Crippen molar-refractivity contribution >= 4 is 27.8 Å². The SMILES string of the molecule is CN(C)C(CNc1ccc(S(=O)(=O)N2CCCC2)cn1)c1ccco1.O=C(O)C(=O)O. The van der Waals surface area contributed by atoms with Gasteiger partial charge >= 0.3 is 11.9 Å². The highest BCUT2D eigenvalue weighted by atomic mass is 32.2. The van der Waals surface area contributed by atoms with Gasteiger partial charge in [0.05, 0.1) is 12.3 Å². The highest BCUT2D eigenvalue weighted by molar-refractivity contribution is 7.89. The third kappa shape index (κ3) is 6.77. The van der Waals surface area contributed by atoms with Crippen molar-refractivity contribution in [3.8, 4) is 0 Å². The summed E-state index contributed by atoms with van der Waals surface area (Å²) in [5.74, 6) is -2.14. The van der Waals surface area contributed by atoms with Gasteiger partial charge in [-0.2, -0.15) is 4.31 Å². The van der Waals surface area contributed by atoms with Gasteiger partial charge in [-0.3, -0.25) is 4.90 Å². The highest BCUT2D eigenvalue weighted by Crippen LogP contribution is 2.22. The molecule has 3 rings (SSSR count). The maximum absolute atomic E-state index is 12.5. The number of likely N-dealkylation sites (N-methyl/N-ethyl adjacent to an activating group) is 1. The van der Waals surface area contributed by atoms with E-state index in [4.69, 9.17) is 24.2 Å². The van der Waals surface area contributed by atoms with Gasteiger partial charge in [0, 0.05) is 25.8 Å². The first-order chi connectivity index (χ1) is 14.6. The third-order valence-electron chi connectivity index (χ3n) is 4.59. The summed E-state index contributed by atoms with van der Waals surface area (Å²) in [5.41, 5.74) is 0. The van der Waals surface area contributed by atoms with Crippen LogP contribution in [0.5, 0.6) is 0 Å². The van der Waals surface area contributed by atoms with Crippen molar-refractivity contribution in [1.82, 2.24) is 14.2 Å². The number of sulfonamides is 1. The normalized spacial score (nSPS) is 15.2. The molecule has 0 amide bonds. The average molecular weight is 455 g/mol. The summed E-state index contributed by atoms with van der Waals surface area (Å²) in [6, 6.07) is 7.18. The summed E-state index contributed by atoms with van der Waals surface area (Å²) in [6.45, 7) is 1.79. The number of anilines is 1. The van der Waals surface area contributed by atoms with Gasteiger partial charge in [-0.15, -0.1) is 0 Å². The number of carbonyl (C=O) groups is 2. The van der Waals surface area contributed by atoms with E-state index in [1.807, 2.05) is 26.2 Å². The Labute approximate surface area is 180 Å². The van der Waals surface area contributed by atoms with Crippen molar-refractivity contribution in [2.75, 3.05) is 39.0 Å². The van der Waals surface area contributed by atoms with E-state index in [0.29, 0.717) is 25.5 Å². The Morgan fingerprint density at radius 2 is 1.84 bits per heavy atom. The predicted molar refractivity (Wildman–Crippen MR) is 111 cm³/mol. The van der Waals surface area contributed by atoms with Crippen LogP contribution in [0.4, 0.5) is 5.82 Å². The summed E-state index contributed by atoms with van der Waals surface area (Å²) in [4.78, 5) is 24.8. The van der Waals surface area contributed by atoms with E-state index in [1.54, 1.807) is 18.4 Å². The van der Waals surface area contributed by atoms with Crippen molar-refractivity contribution in [3.63, 3.8) is 0 Å². The Balaban J connectivity index is 0.000000501. The molecule has 3 heterocycles. The maximum Gasteiger partial charge on any atom is 0.414 e. The van der Waals surface area contributed by atoms with Crippen LogP contribution in [0.3, 0.4) is 0 Å². The van der Waals surface area contributed by atoms with E-state index in [0.717, 1.165) is 18.6 Å². The zero-order chi connectivity index (χ0) is 23.0. The predicted octanol–water partition coefficient (Wildman–Crippen LogP) is 1.33. The molecule has 11 nitrogen and oxygen atoms in total. The molecule has 1 atom stereocenters. The Morgan fingerprint density at radius 1 is 1.19 bits per heavy atom. The van der Waals surface area contributed by atoms with E-state index >= 15 is 0 Å². The number of pyridine rings is 1. The smallest absolute Gasteiger partial charge is 0.414 e. The van der Waals surface area contributed by atoms with Gasteiger partial charge in [-0.25, -0.2) is 23.0 Å². The molecule has 170 valence electrons. The van der Waals surface area contributed by atoms with Crippen LogP contribution in [0, 0.1) is 0 Å². The minimum atomic E-state index is -3.42. The fourth-order valence-electron chi connectivity index (χ4n) is 2.93. The summed E-state index contributed by atoms with van der Waals surface area (Å²) in [5, 5.41) is 18.0. The molecule has 0 aromatic carbocycles. The van der Waals surface area contributed by atoms with Crippen molar-refractivity contribution in [2.24, 2.45) is 0 Å². The number of furan rings is 1. The largest absolute Gasteiger partial charge is 0.473 e. The number of carboxylic acid groups (broad SMARTS) is 2. The Morgan fingerprint density at radius 3 is 2.29 bits per heavy atom. The standard InChI is InChI=1S/C17H24N4O3S.C2H2O4/c1-20(2)15(16-6-5-11-24-16)13-19-17-8-7-14(12-18-17)25(22,23)21-9-3-4-10-21;3-1(4)2(5)6/h5-8,11-12,15H,3-4,9-10,13H2,1-2H3,(H,18,19);(H,3,4)(H,5,6). The number of carboxylic acids is 2. The molecule has 0 aliphatic carbocycles. The van der Waals surface area contributed by atoms with Gasteiger partial charge in [0.2, 0.25) is 10.0 Å². The number of hydrogen-bond donors (Lipinski definition) is 3. The molecule has 1 aliphatic heterocycles. The zero-order valence-corrected chi connectivity index (χ0v) is 18.1. The molecule has 31 heavy (non-hydrogen) atoms. The molecule has 1 unspecified atom stereocenters. The summed E-state index contributed by atoms with van der Waals surface area (Å²) in [7, 11) is 0.545. The first-order valence-corrected chi connectivity index (χ1v) is 10.9. The molecule has 0 saturated carbocycles. The number of rotatable bonds is 7. The Bertz CT molecular complexity index is 942. The molecular weight excluding hydrogens is 428 g/mol. The van der Waals surface area contributed by atoms with E-state index in [1.165, 1.54) is 10.5 Å². The second kappa shape index (κ2) is 10.9. The highest BCUT2D eigenvalue weighted by Gasteiger charge is 2.27. The van der Waals surface area contributed by atoms with Crippen LogP contribution in [0.25, 0.3) is 0 Å². The molecule has 0 radical (unpaired) electrons. The number of nitrogens with zero attached hydrogens (tertiary/aromatic N) is 3.